The quantitative estimate of drug-likeness (QED) is 0.712. The molecule has 0 bridgehead atoms. The zero-order chi connectivity index (χ0) is 10.4. The number of aromatic nitrogens is 1. The molecule has 0 saturated heterocycles. The normalized spacial score (nSPS) is 10.5. The Labute approximate surface area is 82.8 Å². The molecule has 1 aromatic heterocycles. The highest BCUT2D eigenvalue weighted by atomic mass is 16.5. The number of nitrogens with one attached hydrogen (secondary N) is 2. The van der Waals surface area contributed by atoms with E-state index in [1.807, 2.05) is 13.8 Å². The topological polar surface area (TPSA) is 67.2 Å². The number of nitrogens with zero attached hydrogens (tertiary/aromatic N) is 1. The molecule has 1 aromatic rings. The van der Waals surface area contributed by atoms with Gasteiger partial charge in [0.1, 0.15) is 6.26 Å². The van der Waals surface area contributed by atoms with Gasteiger partial charge in [0.2, 0.25) is 5.91 Å². The van der Waals surface area contributed by atoms with Gasteiger partial charge in [-0.15, -0.1) is 0 Å². The molecule has 1 heterocycles. The molecule has 0 atom stereocenters. The molecule has 0 radical (unpaired) electrons. The van der Waals surface area contributed by atoms with Crippen molar-refractivity contribution in [3.05, 3.63) is 18.0 Å². The third-order valence-electron chi connectivity index (χ3n) is 1.53. The summed E-state index contributed by atoms with van der Waals surface area (Å²) in [4.78, 5) is 11.2. The predicted molar refractivity (Wildman–Crippen MR) is 51.5 cm³/mol. The second kappa shape index (κ2) is 5.39. The fraction of sp³-hybridized carbons (Fsp3) is 0.556. The SMILES string of the molecule is CC(C)NC(=O)CNCc1ccon1. The average Bonchev–Trinajstić information content (AvgIpc) is 2.55. The Balaban J connectivity index is 2.12. The van der Waals surface area contributed by atoms with Crippen LogP contribution >= 0.6 is 0 Å². The summed E-state index contributed by atoms with van der Waals surface area (Å²) in [6, 6.07) is 1.93. The van der Waals surface area contributed by atoms with Crippen LogP contribution < -0.4 is 10.6 Å². The van der Waals surface area contributed by atoms with Crippen LogP contribution in [-0.4, -0.2) is 23.7 Å². The molecule has 0 saturated carbocycles. The first-order valence-electron chi connectivity index (χ1n) is 4.58. The summed E-state index contributed by atoms with van der Waals surface area (Å²) in [5, 5.41) is 9.44. The van der Waals surface area contributed by atoms with Crippen LogP contribution in [-0.2, 0) is 11.3 Å². The number of amides is 1. The molecule has 1 amide bonds. The summed E-state index contributed by atoms with van der Waals surface area (Å²) >= 11 is 0. The molecule has 0 aliphatic heterocycles. The molecule has 0 fully saturated rings. The summed E-state index contributed by atoms with van der Waals surface area (Å²) in [5.41, 5.74) is 0.794. The van der Waals surface area contributed by atoms with Gasteiger partial charge in [-0.25, -0.2) is 0 Å². The number of hydrogen-bond donors (Lipinski definition) is 2. The Kier molecular flexibility index (Phi) is 4.12. The fourth-order valence-electron chi connectivity index (χ4n) is 1.01. The van der Waals surface area contributed by atoms with Gasteiger partial charge < -0.3 is 15.2 Å². The van der Waals surface area contributed by atoms with E-state index in [2.05, 4.69) is 20.3 Å². The van der Waals surface area contributed by atoms with Crippen LogP contribution in [0.25, 0.3) is 0 Å². The fourth-order valence-corrected chi connectivity index (χ4v) is 1.01. The molecule has 0 aliphatic rings. The van der Waals surface area contributed by atoms with Crippen LogP contribution in [0.1, 0.15) is 19.5 Å². The second-order valence-electron chi connectivity index (χ2n) is 3.32. The molecule has 2 N–H and O–H groups in total. The summed E-state index contributed by atoms with van der Waals surface area (Å²) in [6.07, 6.45) is 1.51. The monoisotopic (exact) mass is 197 g/mol. The van der Waals surface area contributed by atoms with Gasteiger partial charge in [0, 0.05) is 18.7 Å². The van der Waals surface area contributed by atoms with Gasteiger partial charge in [-0.3, -0.25) is 4.79 Å². The molecular formula is C9H15N3O2. The predicted octanol–water partition coefficient (Wildman–Crippen LogP) is 0.289. The Bertz CT molecular complexity index is 270. The highest BCUT2D eigenvalue weighted by molar-refractivity contribution is 5.78. The highest BCUT2D eigenvalue weighted by Gasteiger charge is 2.02. The zero-order valence-corrected chi connectivity index (χ0v) is 8.41. The third-order valence-corrected chi connectivity index (χ3v) is 1.53. The Morgan fingerprint density at radius 3 is 3.00 bits per heavy atom. The largest absolute Gasteiger partial charge is 0.364 e. The van der Waals surface area contributed by atoms with Crippen molar-refractivity contribution in [3.63, 3.8) is 0 Å². The van der Waals surface area contributed by atoms with E-state index in [0.717, 1.165) is 5.69 Å². The van der Waals surface area contributed by atoms with Crippen molar-refractivity contribution in [1.29, 1.82) is 0 Å². The van der Waals surface area contributed by atoms with Crippen LogP contribution in [0.4, 0.5) is 0 Å². The molecule has 5 heteroatoms. The minimum atomic E-state index is -0.0107. The molecule has 0 aliphatic carbocycles. The van der Waals surface area contributed by atoms with Crippen molar-refractivity contribution in [2.75, 3.05) is 6.54 Å². The first kappa shape index (κ1) is 10.7. The lowest BCUT2D eigenvalue weighted by Crippen LogP contribution is -2.37. The minimum absolute atomic E-state index is 0.0107. The first-order chi connectivity index (χ1) is 6.68. The first-order valence-corrected chi connectivity index (χ1v) is 4.58. The molecule has 0 aromatic carbocycles. The molecular weight excluding hydrogens is 182 g/mol. The van der Waals surface area contributed by atoms with E-state index < -0.39 is 0 Å². The van der Waals surface area contributed by atoms with Crippen molar-refractivity contribution < 1.29 is 9.32 Å². The third kappa shape index (κ3) is 4.04. The Morgan fingerprint density at radius 1 is 1.64 bits per heavy atom. The van der Waals surface area contributed by atoms with E-state index in [-0.39, 0.29) is 11.9 Å². The lowest BCUT2D eigenvalue weighted by Gasteiger charge is -2.08. The molecule has 5 nitrogen and oxygen atoms in total. The van der Waals surface area contributed by atoms with Crippen LogP contribution in [0.3, 0.4) is 0 Å². The summed E-state index contributed by atoms with van der Waals surface area (Å²) in [5.74, 6) is -0.0107. The Hall–Kier alpha value is -1.36. The van der Waals surface area contributed by atoms with E-state index in [1.54, 1.807) is 6.07 Å². The minimum Gasteiger partial charge on any atom is -0.364 e. The second-order valence-corrected chi connectivity index (χ2v) is 3.32. The maximum absolute atomic E-state index is 11.2. The summed E-state index contributed by atoms with van der Waals surface area (Å²) < 4.78 is 4.65. The molecule has 0 spiro atoms. The number of rotatable bonds is 5. The van der Waals surface area contributed by atoms with Crippen molar-refractivity contribution in [1.82, 2.24) is 15.8 Å². The van der Waals surface area contributed by atoms with E-state index in [4.69, 9.17) is 0 Å². The van der Waals surface area contributed by atoms with Crippen LogP contribution in [0.2, 0.25) is 0 Å². The lowest BCUT2D eigenvalue weighted by atomic mass is 10.4. The van der Waals surface area contributed by atoms with Crippen molar-refractivity contribution >= 4 is 5.91 Å². The van der Waals surface area contributed by atoms with Crippen LogP contribution in [0.5, 0.6) is 0 Å². The van der Waals surface area contributed by atoms with Crippen LogP contribution in [0.15, 0.2) is 16.9 Å². The van der Waals surface area contributed by atoms with E-state index in [9.17, 15) is 4.79 Å². The van der Waals surface area contributed by atoms with Crippen molar-refractivity contribution in [2.24, 2.45) is 0 Å². The molecule has 14 heavy (non-hydrogen) atoms. The van der Waals surface area contributed by atoms with Crippen LogP contribution in [0, 0.1) is 0 Å². The number of carbonyl (C=O) groups is 1. The van der Waals surface area contributed by atoms with Gasteiger partial charge in [0.15, 0.2) is 0 Å². The number of hydrogen-bond acceptors (Lipinski definition) is 4. The lowest BCUT2D eigenvalue weighted by molar-refractivity contribution is -0.120. The maximum atomic E-state index is 11.2. The maximum Gasteiger partial charge on any atom is 0.234 e. The zero-order valence-electron chi connectivity index (χ0n) is 8.41. The van der Waals surface area contributed by atoms with E-state index >= 15 is 0 Å². The highest BCUT2D eigenvalue weighted by Crippen LogP contribution is 1.91. The number of carbonyl (C=O) groups excluding carboxylic acids is 1. The van der Waals surface area contributed by atoms with Gasteiger partial charge in [-0.05, 0) is 13.8 Å². The standard InChI is InChI=1S/C9H15N3O2/c1-7(2)11-9(13)6-10-5-8-3-4-14-12-8/h3-4,7,10H,5-6H2,1-2H3,(H,11,13). The summed E-state index contributed by atoms with van der Waals surface area (Å²) in [7, 11) is 0. The average molecular weight is 197 g/mol. The molecule has 78 valence electrons. The summed E-state index contributed by atoms with van der Waals surface area (Å²) in [6.45, 7) is 4.69. The van der Waals surface area contributed by atoms with Crippen molar-refractivity contribution in [3.8, 4) is 0 Å². The van der Waals surface area contributed by atoms with Gasteiger partial charge in [0.25, 0.3) is 0 Å². The van der Waals surface area contributed by atoms with Gasteiger partial charge in [-0.2, -0.15) is 0 Å². The van der Waals surface area contributed by atoms with Crippen molar-refractivity contribution in [2.45, 2.75) is 26.4 Å². The smallest absolute Gasteiger partial charge is 0.234 e. The van der Waals surface area contributed by atoms with E-state index in [1.165, 1.54) is 6.26 Å². The molecule has 0 unspecified atom stereocenters. The van der Waals surface area contributed by atoms with E-state index in [0.29, 0.717) is 13.1 Å². The van der Waals surface area contributed by atoms with Gasteiger partial charge in [0.05, 0.1) is 12.2 Å². The Morgan fingerprint density at radius 2 is 2.43 bits per heavy atom. The van der Waals surface area contributed by atoms with Gasteiger partial charge in [-0.1, -0.05) is 5.16 Å². The molecule has 1 rings (SSSR count). The van der Waals surface area contributed by atoms with Gasteiger partial charge >= 0.3 is 0 Å².